The van der Waals surface area contributed by atoms with Crippen LogP contribution in [0.2, 0.25) is 5.15 Å². The first-order chi connectivity index (χ1) is 9.69. The van der Waals surface area contributed by atoms with Gasteiger partial charge in [0.1, 0.15) is 22.4 Å². The number of nitrogens with one attached hydrogen (secondary N) is 2. The Labute approximate surface area is 130 Å². The average Bonchev–Trinajstić information content (AvgIpc) is 2.32. The summed E-state index contributed by atoms with van der Waals surface area (Å²) in [5.74, 6) is 1.35. The normalized spacial score (nSPS) is 11.1. The van der Waals surface area contributed by atoms with Crippen molar-refractivity contribution in [3.8, 4) is 0 Å². The topological polar surface area (TPSA) is 76.1 Å². The van der Waals surface area contributed by atoms with E-state index < -0.39 is 11.7 Å². The molecular formula is C14H23ClN4O2. The van der Waals surface area contributed by atoms with E-state index in [4.69, 9.17) is 16.3 Å². The molecule has 0 aliphatic rings. The highest BCUT2D eigenvalue weighted by molar-refractivity contribution is 6.30. The molecule has 1 amide bonds. The van der Waals surface area contributed by atoms with Crippen LogP contribution < -0.4 is 10.6 Å². The third kappa shape index (κ3) is 6.62. The first-order valence-electron chi connectivity index (χ1n) is 6.90. The monoisotopic (exact) mass is 314 g/mol. The molecule has 0 bridgehead atoms. The van der Waals surface area contributed by atoms with Crippen LogP contribution in [0.25, 0.3) is 0 Å². The lowest BCUT2D eigenvalue weighted by Gasteiger charge is -2.19. The first kappa shape index (κ1) is 17.5. The van der Waals surface area contributed by atoms with Gasteiger partial charge in [-0.15, -0.1) is 0 Å². The summed E-state index contributed by atoms with van der Waals surface area (Å²) >= 11 is 6.00. The number of hydrogen-bond donors (Lipinski definition) is 2. The van der Waals surface area contributed by atoms with E-state index in [0.29, 0.717) is 24.1 Å². The number of hydrogen-bond acceptors (Lipinski definition) is 5. The molecule has 6 nitrogen and oxygen atoms in total. The lowest BCUT2D eigenvalue weighted by atomic mass is 10.2. The summed E-state index contributed by atoms with van der Waals surface area (Å²) in [5, 5.41) is 6.35. The molecule has 0 atom stereocenters. The number of nitrogens with zero attached hydrogens (tertiary/aromatic N) is 2. The largest absolute Gasteiger partial charge is 0.444 e. The Hall–Kier alpha value is -1.56. The molecule has 21 heavy (non-hydrogen) atoms. The van der Waals surface area contributed by atoms with Crippen molar-refractivity contribution in [1.29, 1.82) is 0 Å². The lowest BCUT2D eigenvalue weighted by molar-refractivity contribution is 0.0528. The van der Waals surface area contributed by atoms with Crippen LogP contribution in [0.4, 0.5) is 10.6 Å². The van der Waals surface area contributed by atoms with Gasteiger partial charge in [0.15, 0.2) is 0 Å². The van der Waals surface area contributed by atoms with Crippen molar-refractivity contribution in [2.45, 2.75) is 46.6 Å². The molecule has 0 saturated carbocycles. The molecule has 1 rings (SSSR count). The van der Waals surface area contributed by atoms with Gasteiger partial charge in [0.25, 0.3) is 0 Å². The van der Waals surface area contributed by atoms with Gasteiger partial charge in [0.05, 0.1) is 0 Å². The van der Waals surface area contributed by atoms with E-state index >= 15 is 0 Å². The van der Waals surface area contributed by atoms with Gasteiger partial charge in [0, 0.05) is 18.7 Å². The summed E-state index contributed by atoms with van der Waals surface area (Å²) in [6.45, 7) is 10.3. The molecule has 1 aromatic heterocycles. The van der Waals surface area contributed by atoms with E-state index in [2.05, 4.69) is 20.6 Å². The van der Waals surface area contributed by atoms with E-state index in [-0.39, 0.29) is 0 Å². The molecule has 0 unspecified atom stereocenters. The van der Waals surface area contributed by atoms with Crippen LogP contribution >= 0.6 is 11.6 Å². The lowest BCUT2D eigenvalue weighted by Crippen LogP contribution is -2.33. The van der Waals surface area contributed by atoms with Crippen molar-refractivity contribution >= 4 is 23.5 Å². The Morgan fingerprint density at radius 1 is 1.24 bits per heavy atom. The highest BCUT2D eigenvalue weighted by atomic mass is 35.5. The van der Waals surface area contributed by atoms with Crippen LogP contribution in [0, 0.1) is 13.8 Å². The number of rotatable bonds is 5. The van der Waals surface area contributed by atoms with Crippen LogP contribution in [-0.2, 0) is 4.74 Å². The number of halogens is 1. The summed E-state index contributed by atoms with van der Waals surface area (Å²) < 4.78 is 5.14. The third-order valence-electron chi connectivity index (χ3n) is 2.51. The number of alkyl carbamates (subject to hydrolysis) is 1. The van der Waals surface area contributed by atoms with Crippen LogP contribution in [0.5, 0.6) is 0 Å². The van der Waals surface area contributed by atoms with Crippen LogP contribution in [0.1, 0.15) is 38.6 Å². The van der Waals surface area contributed by atoms with Crippen LogP contribution in [0.15, 0.2) is 0 Å². The van der Waals surface area contributed by atoms with Gasteiger partial charge < -0.3 is 15.4 Å². The van der Waals surface area contributed by atoms with Crippen molar-refractivity contribution < 1.29 is 9.53 Å². The maximum atomic E-state index is 11.4. The van der Waals surface area contributed by atoms with Crippen LogP contribution in [0.3, 0.4) is 0 Å². The fraction of sp³-hybridized carbons (Fsp3) is 0.643. The van der Waals surface area contributed by atoms with Gasteiger partial charge in [-0.1, -0.05) is 11.6 Å². The van der Waals surface area contributed by atoms with Gasteiger partial charge in [-0.2, -0.15) is 0 Å². The molecule has 2 N–H and O–H groups in total. The molecule has 0 radical (unpaired) electrons. The maximum Gasteiger partial charge on any atom is 0.407 e. The van der Waals surface area contributed by atoms with Crippen molar-refractivity contribution in [3.63, 3.8) is 0 Å². The number of amides is 1. The van der Waals surface area contributed by atoms with E-state index in [9.17, 15) is 4.79 Å². The number of aryl methyl sites for hydroxylation is 1. The Kier molecular flexibility index (Phi) is 6.20. The second kappa shape index (κ2) is 7.45. The van der Waals surface area contributed by atoms with Crippen molar-refractivity contribution in [2.75, 3.05) is 18.4 Å². The molecular weight excluding hydrogens is 292 g/mol. The zero-order chi connectivity index (χ0) is 16.0. The average molecular weight is 315 g/mol. The number of carbonyl (C=O) groups is 1. The summed E-state index contributed by atoms with van der Waals surface area (Å²) in [6.07, 6.45) is 0.346. The third-order valence-corrected chi connectivity index (χ3v) is 2.88. The van der Waals surface area contributed by atoms with E-state index in [1.807, 2.05) is 27.7 Å². The number of ether oxygens (including phenoxy) is 1. The van der Waals surface area contributed by atoms with Gasteiger partial charge in [-0.3, -0.25) is 0 Å². The SMILES string of the molecule is Cc1nc(Cl)c(C)c(NCCCNC(=O)OC(C)(C)C)n1. The van der Waals surface area contributed by atoms with E-state index in [0.717, 1.165) is 17.8 Å². The second-order valence-corrected chi connectivity index (χ2v) is 6.10. The van der Waals surface area contributed by atoms with Crippen molar-refractivity contribution in [1.82, 2.24) is 15.3 Å². The predicted molar refractivity (Wildman–Crippen MR) is 83.9 cm³/mol. The predicted octanol–water partition coefficient (Wildman–Crippen LogP) is 3.07. The Morgan fingerprint density at radius 2 is 1.90 bits per heavy atom. The standard InChI is InChI=1S/C14H23ClN4O2/c1-9-11(15)18-10(2)19-12(9)16-7-6-8-17-13(20)21-14(3,4)5/h6-8H2,1-5H3,(H,17,20)(H,16,18,19). The quantitative estimate of drug-likeness (QED) is 0.645. The van der Waals surface area contributed by atoms with E-state index in [1.54, 1.807) is 6.92 Å². The number of carbonyl (C=O) groups excluding carboxylic acids is 1. The fourth-order valence-corrected chi connectivity index (χ4v) is 1.78. The molecule has 0 saturated heterocycles. The smallest absolute Gasteiger partial charge is 0.407 e. The summed E-state index contributed by atoms with van der Waals surface area (Å²) in [6, 6.07) is 0. The molecule has 118 valence electrons. The number of anilines is 1. The molecule has 0 aliphatic carbocycles. The van der Waals surface area contributed by atoms with E-state index in [1.165, 1.54) is 0 Å². The number of aromatic nitrogens is 2. The fourth-order valence-electron chi connectivity index (χ4n) is 1.57. The van der Waals surface area contributed by atoms with Crippen molar-refractivity contribution in [3.05, 3.63) is 16.5 Å². The zero-order valence-electron chi connectivity index (χ0n) is 13.2. The summed E-state index contributed by atoms with van der Waals surface area (Å²) in [7, 11) is 0. The molecule has 0 spiro atoms. The molecule has 1 aromatic rings. The Morgan fingerprint density at radius 3 is 2.52 bits per heavy atom. The second-order valence-electron chi connectivity index (χ2n) is 5.74. The Bertz CT molecular complexity index is 500. The zero-order valence-corrected chi connectivity index (χ0v) is 14.0. The van der Waals surface area contributed by atoms with Gasteiger partial charge >= 0.3 is 6.09 Å². The van der Waals surface area contributed by atoms with Gasteiger partial charge in [-0.05, 0) is 41.0 Å². The van der Waals surface area contributed by atoms with Crippen LogP contribution in [-0.4, -0.2) is 34.8 Å². The highest BCUT2D eigenvalue weighted by Gasteiger charge is 2.15. The van der Waals surface area contributed by atoms with Gasteiger partial charge in [-0.25, -0.2) is 14.8 Å². The molecule has 7 heteroatoms. The maximum absolute atomic E-state index is 11.4. The minimum atomic E-state index is -0.478. The molecule has 0 aliphatic heterocycles. The Balaban J connectivity index is 2.31. The summed E-state index contributed by atoms with van der Waals surface area (Å²) in [5.41, 5.74) is 0.344. The highest BCUT2D eigenvalue weighted by Crippen LogP contribution is 2.19. The first-order valence-corrected chi connectivity index (χ1v) is 7.28. The molecule has 0 aromatic carbocycles. The minimum Gasteiger partial charge on any atom is -0.444 e. The van der Waals surface area contributed by atoms with Gasteiger partial charge in [0.2, 0.25) is 0 Å². The summed E-state index contributed by atoms with van der Waals surface area (Å²) in [4.78, 5) is 19.8. The van der Waals surface area contributed by atoms with Crippen molar-refractivity contribution in [2.24, 2.45) is 0 Å². The minimum absolute atomic E-state index is 0.403. The molecule has 0 fully saturated rings. The molecule has 1 heterocycles.